The zero-order valence-electron chi connectivity index (χ0n) is 14.9. The van der Waals surface area contributed by atoms with E-state index in [1.165, 1.54) is 16.9 Å². The lowest BCUT2D eigenvalue weighted by molar-refractivity contribution is 0.102. The average molecular weight is 394 g/mol. The van der Waals surface area contributed by atoms with Crippen LogP contribution in [0.4, 0.5) is 5.69 Å². The predicted molar refractivity (Wildman–Crippen MR) is 111 cm³/mol. The maximum Gasteiger partial charge on any atom is 0.267 e. The summed E-state index contributed by atoms with van der Waals surface area (Å²) in [7, 11) is 0. The molecule has 0 radical (unpaired) electrons. The van der Waals surface area contributed by atoms with Gasteiger partial charge in [-0.3, -0.25) is 4.79 Å². The molecule has 0 unspecified atom stereocenters. The van der Waals surface area contributed by atoms with Crippen LogP contribution in [0.1, 0.15) is 32.4 Å². The zero-order valence-corrected chi connectivity index (χ0v) is 16.6. The molecule has 3 rings (SSSR count). The smallest absolute Gasteiger partial charge is 0.267 e. The maximum atomic E-state index is 12.8. The van der Waals surface area contributed by atoms with E-state index >= 15 is 0 Å². The quantitative estimate of drug-likeness (QED) is 0.437. The minimum Gasteiger partial charge on any atom is -0.320 e. The first-order valence-electron chi connectivity index (χ1n) is 8.57. The fraction of sp³-hybridized carbons (Fsp3) is 0.190. The van der Waals surface area contributed by atoms with E-state index in [0.717, 1.165) is 27.7 Å². The molecular weight excluding hydrogens is 374 g/mol. The number of thiazole rings is 1. The number of nitriles is 1. The van der Waals surface area contributed by atoms with Crippen molar-refractivity contribution >= 4 is 34.7 Å². The SMILES string of the molecule is Cc1nc(Cc2ccccc2)sc1C(=O)Nc1ccccc1SCCC#N. The Hall–Kier alpha value is -2.62. The molecule has 0 fully saturated rings. The van der Waals surface area contributed by atoms with Crippen molar-refractivity contribution in [3.05, 3.63) is 75.7 Å². The van der Waals surface area contributed by atoms with Crippen molar-refractivity contribution in [2.45, 2.75) is 24.7 Å². The Bertz CT molecular complexity index is 961. The average Bonchev–Trinajstić information content (AvgIpc) is 3.04. The van der Waals surface area contributed by atoms with E-state index in [1.807, 2.05) is 49.4 Å². The third-order valence-corrected chi connectivity index (χ3v) is 6.08. The Morgan fingerprint density at radius 2 is 1.93 bits per heavy atom. The third kappa shape index (κ3) is 5.19. The largest absolute Gasteiger partial charge is 0.320 e. The number of amides is 1. The van der Waals surface area contributed by atoms with Gasteiger partial charge in [0, 0.05) is 23.5 Å². The molecule has 0 saturated heterocycles. The van der Waals surface area contributed by atoms with Gasteiger partial charge in [-0.05, 0) is 24.6 Å². The van der Waals surface area contributed by atoms with Gasteiger partial charge in [-0.15, -0.1) is 23.1 Å². The molecule has 0 aliphatic heterocycles. The summed E-state index contributed by atoms with van der Waals surface area (Å²) in [4.78, 5) is 19.0. The molecule has 0 aliphatic carbocycles. The van der Waals surface area contributed by atoms with Crippen LogP contribution in [0.5, 0.6) is 0 Å². The van der Waals surface area contributed by atoms with Gasteiger partial charge >= 0.3 is 0 Å². The number of hydrogen-bond acceptors (Lipinski definition) is 5. The number of nitrogens with zero attached hydrogens (tertiary/aromatic N) is 2. The molecule has 1 heterocycles. The molecule has 0 bridgehead atoms. The van der Waals surface area contributed by atoms with Crippen molar-refractivity contribution in [1.29, 1.82) is 5.26 Å². The number of thioether (sulfide) groups is 1. The number of aromatic nitrogens is 1. The van der Waals surface area contributed by atoms with Crippen molar-refractivity contribution < 1.29 is 4.79 Å². The van der Waals surface area contributed by atoms with Crippen LogP contribution in [-0.4, -0.2) is 16.6 Å². The zero-order chi connectivity index (χ0) is 19.1. The Morgan fingerprint density at radius 1 is 1.19 bits per heavy atom. The molecule has 1 aromatic heterocycles. The van der Waals surface area contributed by atoms with E-state index in [2.05, 4.69) is 28.5 Å². The number of benzene rings is 2. The van der Waals surface area contributed by atoms with E-state index in [0.29, 0.717) is 17.1 Å². The minimum absolute atomic E-state index is 0.141. The van der Waals surface area contributed by atoms with E-state index in [4.69, 9.17) is 5.26 Å². The fourth-order valence-electron chi connectivity index (χ4n) is 2.59. The molecule has 0 aliphatic rings. The van der Waals surface area contributed by atoms with Crippen LogP contribution >= 0.6 is 23.1 Å². The summed E-state index contributed by atoms with van der Waals surface area (Å²) in [5, 5.41) is 12.6. The van der Waals surface area contributed by atoms with Gasteiger partial charge in [0.1, 0.15) is 4.88 Å². The topological polar surface area (TPSA) is 65.8 Å². The van der Waals surface area contributed by atoms with Crippen molar-refractivity contribution in [2.75, 3.05) is 11.1 Å². The van der Waals surface area contributed by atoms with Gasteiger partial charge in [0.05, 0.1) is 22.5 Å². The van der Waals surface area contributed by atoms with Gasteiger partial charge in [0.15, 0.2) is 0 Å². The Labute approximate surface area is 167 Å². The first-order valence-corrected chi connectivity index (χ1v) is 10.4. The molecule has 2 aromatic carbocycles. The summed E-state index contributed by atoms with van der Waals surface area (Å²) in [6, 6.07) is 19.9. The van der Waals surface area contributed by atoms with E-state index in [-0.39, 0.29) is 5.91 Å². The van der Waals surface area contributed by atoms with Gasteiger partial charge < -0.3 is 5.32 Å². The summed E-state index contributed by atoms with van der Waals surface area (Å²) in [6.45, 7) is 1.87. The number of carbonyl (C=O) groups is 1. The third-order valence-electron chi connectivity index (χ3n) is 3.85. The highest BCUT2D eigenvalue weighted by molar-refractivity contribution is 7.99. The van der Waals surface area contributed by atoms with Gasteiger partial charge in [-0.1, -0.05) is 42.5 Å². The molecule has 136 valence electrons. The lowest BCUT2D eigenvalue weighted by atomic mass is 10.2. The van der Waals surface area contributed by atoms with Crippen LogP contribution in [0.15, 0.2) is 59.5 Å². The van der Waals surface area contributed by atoms with Crippen LogP contribution in [-0.2, 0) is 6.42 Å². The van der Waals surface area contributed by atoms with Crippen LogP contribution in [0.2, 0.25) is 0 Å². The monoisotopic (exact) mass is 393 g/mol. The fourth-order valence-corrected chi connectivity index (χ4v) is 4.45. The van der Waals surface area contributed by atoms with E-state index < -0.39 is 0 Å². The van der Waals surface area contributed by atoms with Crippen molar-refractivity contribution in [2.24, 2.45) is 0 Å². The van der Waals surface area contributed by atoms with E-state index in [1.54, 1.807) is 11.8 Å². The van der Waals surface area contributed by atoms with Gasteiger partial charge in [0.25, 0.3) is 5.91 Å². The molecular formula is C21H19N3OS2. The number of nitrogens with one attached hydrogen (secondary N) is 1. The molecule has 0 atom stereocenters. The number of rotatable bonds is 7. The second kappa shape index (κ2) is 9.36. The van der Waals surface area contributed by atoms with Gasteiger partial charge in [-0.25, -0.2) is 4.98 Å². The number of carbonyl (C=O) groups excluding carboxylic acids is 1. The minimum atomic E-state index is -0.141. The highest BCUT2D eigenvalue weighted by Gasteiger charge is 2.17. The van der Waals surface area contributed by atoms with Crippen LogP contribution in [0, 0.1) is 18.3 Å². The van der Waals surface area contributed by atoms with Crippen LogP contribution in [0.3, 0.4) is 0 Å². The van der Waals surface area contributed by atoms with Crippen LogP contribution in [0.25, 0.3) is 0 Å². The first kappa shape index (κ1) is 19.2. The lowest BCUT2D eigenvalue weighted by Crippen LogP contribution is -2.12. The second-order valence-corrected chi connectivity index (χ2v) is 8.11. The van der Waals surface area contributed by atoms with Crippen molar-refractivity contribution in [3.63, 3.8) is 0 Å². The second-order valence-electron chi connectivity index (χ2n) is 5.89. The Balaban J connectivity index is 1.73. The molecule has 3 aromatic rings. The number of anilines is 1. The Kier molecular flexibility index (Phi) is 6.64. The predicted octanol–water partition coefficient (Wildman–Crippen LogP) is 5.30. The van der Waals surface area contributed by atoms with E-state index in [9.17, 15) is 4.79 Å². The summed E-state index contributed by atoms with van der Waals surface area (Å²) in [6.07, 6.45) is 1.20. The summed E-state index contributed by atoms with van der Waals surface area (Å²) in [5.41, 5.74) is 2.69. The molecule has 0 saturated carbocycles. The first-order chi connectivity index (χ1) is 13.2. The maximum absolute atomic E-state index is 12.8. The summed E-state index contributed by atoms with van der Waals surface area (Å²) in [5.74, 6) is 0.558. The van der Waals surface area contributed by atoms with Crippen molar-refractivity contribution in [3.8, 4) is 6.07 Å². The van der Waals surface area contributed by atoms with Gasteiger partial charge in [0.2, 0.25) is 0 Å². The molecule has 1 N–H and O–H groups in total. The number of para-hydroxylation sites is 1. The molecule has 6 heteroatoms. The molecule has 0 spiro atoms. The van der Waals surface area contributed by atoms with Crippen molar-refractivity contribution in [1.82, 2.24) is 4.98 Å². The number of aryl methyl sites for hydroxylation is 1. The summed E-state index contributed by atoms with van der Waals surface area (Å²) < 4.78 is 0. The molecule has 1 amide bonds. The number of hydrogen-bond donors (Lipinski definition) is 1. The summed E-state index contributed by atoms with van der Waals surface area (Å²) >= 11 is 3.01. The normalized spacial score (nSPS) is 10.4. The molecule has 4 nitrogen and oxygen atoms in total. The Morgan fingerprint density at radius 3 is 2.70 bits per heavy atom. The molecule has 27 heavy (non-hydrogen) atoms. The lowest BCUT2D eigenvalue weighted by Gasteiger charge is -2.09. The highest BCUT2D eigenvalue weighted by Crippen LogP contribution is 2.29. The van der Waals surface area contributed by atoms with Crippen LogP contribution < -0.4 is 5.32 Å². The standard InChI is InChI=1S/C21H19N3OS2/c1-15-20(27-19(23-15)14-16-8-3-2-4-9-16)21(25)24-17-10-5-6-11-18(17)26-13-7-12-22/h2-6,8-11H,7,13-14H2,1H3,(H,24,25). The highest BCUT2D eigenvalue weighted by atomic mass is 32.2. The van der Waals surface area contributed by atoms with Gasteiger partial charge in [-0.2, -0.15) is 5.26 Å².